The molecule has 2 fully saturated rings. The molecule has 13 heteroatoms. The van der Waals surface area contributed by atoms with Gasteiger partial charge in [-0.25, -0.2) is 4.79 Å². The number of carboxylic acid groups (broad SMARTS) is 1. The number of phenols is 2. The average molecular weight is 524 g/mol. The van der Waals surface area contributed by atoms with Crippen molar-refractivity contribution in [3.05, 3.63) is 47.2 Å². The molecule has 0 saturated carbocycles. The van der Waals surface area contributed by atoms with E-state index in [4.69, 9.17) is 23.7 Å². The predicted molar refractivity (Wildman–Crippen MR) is 120 cm³/mol. The highest BCUT2D eigenvalue weighted by Crippen LogP contribution is 2.37. The molecule has 3 aliphatic rings. The monoisotopic (exact) mass is 524 g/mol. The maximum absolute atomic E-state index is 12.8. The molecule has 1 aromatic carbocycles. The van der Waals surface area contributed by atoms with Crippen LogP contribution in [-0.4, -0.2) is 92.8 Å². The van der Waals surface area contributed by atoms with Gasteiger partial charge in [0.1, 0.15) is 37.1 Å². The smallest absolute Gasteiger partial charge is 0.335 e. The molecular formula is C24H28O13. The first-order valence-electron chi connectivity index (χ1n) is 11.5. The van der Waals surface area contributed by atoms with Crippen LogP contribution in [0.1, 0.15) is 25.0 Å². The van der Waals surface area contributed by atoms with E-state index < -0.39 is 73.1 Å². The molecule has 0 aromatic heterocycles. The fraction of sp³-hybridized carbons (Fsp3) is 0.500. The number of allylic oxidation sites excluding steroid dienone is 1. The minimum atomic E-state index is -1.70. The van der Waals surface area contributed by atoms with Gasteiger partial charge in [0.15, 0.2) is 17.8 Å². The van der Waals surface area contributed by atoms with Crippen LogP contribution >= 0.6 is 0 Å². The quantitative estimate of drug-likeness (QED) is 0.169. The van der Waals surface area contributed by atoms with Crippen LogP contribution in [0.25, 0.3) is 0 Å². The number of benzene rings is 1. The summed E-state index contributed by atoms with van der Waals surface area (Å²) in [6.45, 7) is 0.852. The average Bonchev–Trinajstić information content (AvgIpc) is 2.86. The number of rotatable bonds is 2. The van der Waals surface area contributed by atoms with Crippen LogP contribution < -0.4 is 0 Å². The molecule has 0 spiro atoms. The van der Waals surface area contributed by atoms with Crippen LogP contribution in [0.3, 0.4) is 0 Å². The summed E-state index contributed by atoms with van der Waals surface area (Å²) >= 11 is 0. The zero-order chi connectivity index (χ0) is 26.9. The number of fused-ring (bicyclic) bond motifs is 4. The van der Waals surface area contributed by atoms with E-state index in [0.29, 0.717) is 5.56 Å². The van der Waals surface area contributed by atoms with Gasteiger partial charge in [-0.1, -0.05) is 12.1 Å². The van der Waals surface area contributed by atoms with E-state index in [9.17, 15) is 40.2 Å². The SMILES string of the molecule is C/C=C1/[C@H]2OC=C(C(=O)O)[C@H]1CC(=O)OC[C@H](c1ccc(O)c(O)c1)OC[C@H]1O[C@@H](O2)[C@H](O)[C@@H](O)[C@@H]1O. The lowest BCUT2D eigenvalue weighted by Gasteiger charge is -2.42. The Kier molecular flexibility index (Phi) is 8.02. The second kappa shape index (κ2) is 11.0. The number of ether oxygens (including phenoxy) is 5. The number of cyclic esters (lactones) is 1. The van der Waals surface area contributed by atoms with Gasteiger partial charge in [0.25, 0.3) is 0 Å². The topological polar surface area (TPSA) is 202 Å². The second-order valence-electron chi connectivity index (χ2n) is 8.80. The van der Waals surface area contributed by atoms with Crippen LogP contribution in [0.4, 0.5) is 0 Å². The van der Waals surface area contributed by atoms with E-state index in [2.05, 4.69) is 0 Å². The molecule has 13 nitrogen and oxygen atoms in total. The van der Waals surface area contributed by atoms with Crippen molar-refractivity contribution in [1.29, 1.82) is 0 Å². The molecule has 4 rings (SSSR count). The van der Waals surface area contributed by atoms with Gasteiger partial charge in [0, 0.05) is 11.5 Å². The van der Waals surface area contributed by atoms with Crippen molar-refractivity contribution in [3.8, 4) is 11.5 Å². The number of hydrogen-bond acceptors (Lipinski definition) is 12. The highest BCUT2D eigenvalue weighted by molar-refractivity contribution is 5.89. The van der Waals surface area contributed by atoms with Gasteiger partial charge in [0.05, 0.1) is 24.9 Å². The molecule has 3 aliphatic heterocycles. The van der Waals surface area contributed by atoms with Crippen molar-refractivity contribution in [2.75, 3.05) is 13.2 Å². The minimum Gasteiger partial charge on any atom is -0.504 e. The number of aliphatic hydroxyl groups is 3. The first-order valence-corrected chi connectivity index (χ1v) is 11.5. The Morgan fingerprint density at radius 1 is 1.03 bits per heavy atom. The number of phenolic OH excluding ortho intramolecular Hbond substituents is 2. The van der Waals surface area contributed by atoms with Crippen LogP contribution in [0.5, 0.6) is 11.5 Å². The Hall–Kier alpha value is -3.20. The fourth-order valence-electron chi connectivity index (χ4n) is 4.39. The van der Waals surface area contributed by atoms with E-state index in [1.165, 1.54) is 24.3 Å². The van der Waals surface area contributed by atoms with Crippen molar-refractivity contribution < 1.29 is 63.9 Å². The molecule has 0 unspecified atom stereocenters. The number of aliphatic hydroxyl groups excluding tert-OH is 3. The normalized spacial score (nSPS) is 36.1. The fourth-order valence-corrected chi connectivity index (χ4v) is 4.39. The number of aromatic hydroxyl groups is 2. The number of esters is 1. The molecule has 202 valence electrons. The Labute approximate surface area is 210 Å². The van der Waals surface area contributed by atoms with Crippen molar-refractivity contribution in [1.82, 2.24) is 0 Å². The molecule has 37 heavy (non-hydrogen) atoms. The number of carbonyl (C=O) groups excluding carboxylic acids is 1. The van der Waals surface area contributed by atoms with Gasteiger partial charge < -0.3 is 54.3 Å². The third-order valence-corrected chi connectivity index (χ3v) is 6.47. The summed E-state index contributed by atoms with van der Waals surface area (Å²) in [7, 11) is 0. The third kappa shape index (κ3) is 5.56. The van der Waals surface area contributed by atoms with Crippen molar-refractivity contribution in [2.45, 2.75) is 56.4 Å². The molecule has 3 heterocycles. The summed E-state index contributed by atoms with van der Waals surface area (Å²) in [6.07, 6.45) is -7.94. The van der Waals surface area contributed by atoms with Gasteiger partial charge in [-0.05, 0) is 24.6 Å². The Morgan fingerprint density at radius 2 is 1.78 bits per heavy atom. The summed E-state index contributed by atoms with van der Waals surface area (Å²) in [4.78, 5) is 24.6. The van der Waals surface area contributed by atoms with Crippen LogP contribution in [0.15, 0.2) is 41.7 Å². The highest BCUT2D eigenvalue weighted by Gasteiger charge is 2.47. The van der Waals surface area contributed by atoms with Gasteiger partial charge >= 0.3 is 11.9 Å². The van der Waals surface area contributed by atoms with E-state index in [-0.39, 0.29) is 30.1 Å². The summed E-state index contributed by atoms with van der Waals surface area (Å²) in [6, 6.07) is 3.83. The molecule has 2 saturated heterocycles. The maximum atomic E-state index is 12.8. The largest absolute Gasteiger partial charge is 0.504 e. The molecule has 0 radical (unpaired) electrons. The molecule has 6 N–H and O–H groups in total. The predicted octanol–water partition coefficient (Wildman–Crippen LogP) is -0.186. The standard InChI is InChI=1S/C24H28O13/c1-2-11-12-6-18(27)34-8-16(10-3-4-14(25)15(26)5-10)33-9-17-19(28)20(29)21(30)24(36-17)37-23(11)35-7-13(12)22(31)32/h2-5,7,12,16-17,19-21,23-26,28-30H,6,8-9H2,1H3,(H,31,32)/b11-2+/t12-,16+,17+,19+,20-,21+,23-,24-/m0/s1. The molecular weight excluding hydrogens is 496 g/mol. The second-order valence-corrected chi connectivity index (χ2v) is 8.80. The third-order valence-electron chi connectivity index (χ3n) is 6.47. The van der Waals surface area contributed by atoms with E-state index in [0.717, 1.165) is 6.26 Å². The van der Waals surface area contributed by atoms with Crippen LogP contribution in [0.2, 0.25) is 0 Å². The first kappa shape index (κ1) is 26.9. The zero-order valence-electron chi connectivity index (χ0n) is 19.7. The summed E-state index contributed by atoms with van der Waals surface area (Å²) in [5.74, 6) is -3.94. The number of carbonyl (C=O) groups is 2. The molecule has 1 aromatic rings. The minimum absolute atomic E-state index is 0.230. The number of hydrogen-bond donors (Lipinski definition) is 6. The van der Waals surface area contributed by atoms with Crippen LogP contribution in [-0.2, 0) is 33.3 Å². The van der Waals surface area contributed by atoms with Crippen molar-refractivity contribution in [2.24, 2.45) is 5.92 Å². The van der Waals surface area contributed by atoms with Gasteiger partial charge in [-0.15, -0.1) is 0 Å². The first-order chi connectivity index (χ1) is 17.6. The molecule has 4 bridgehead atoms. The lowest BCUT2D eigenvalue weighted by molar-refractivity contribution is -0.330. The van der Waals surface area contributed by atoms with E-state index in [1.807, 2.05) is 0 Å². The van der Waals surface area contributed by atoms with E-state index in [1.54, 1.807) is 6.92 Å². The molecule has 0 amide bonds. The number of aliphatic carboxylic acids is 1. The Bertz CT molecular complexity index is 1080. The Balaban J connectivity index is 1.70. The summed E-state index contributed by atoms with van der Waals surface area (Å²) < 4.78 is 28.0. The summed E-state index contributed by atoms with van der Waals surface area (Å²) in [5, 5.41) is 60.6. The van der Waals surface area contributed by atoms with Crippen molar-refractivity contribution >= 4 is 11.9 Å². The maximum Gasteiger partial charge on any atom is 0.335 e. The molecule has 0 aliphatic carbocycles. The van der Waals surface area contributed by atoms with E-state index >= 15 is 0 Å². The lowest BCUT2D eigenvalue weighted by Crippen LogP contribution is -2.60. The lowest BCUT2D eigenvalue weighted by atomic mass is 9.86. The summed E-state index contributed by atoms with van der Waals surface area (Å²) in [5.41, 5.74) is 0.324. The highest BCUT2D eigenvalue weighted by atomic mass is 16.8. The molecule has 8 atom stereocenters. The zero-order valence-corrected chi connectivity index (χ0v) is 19.7. The van der Waals surface area contributed by atoms with Gasteiger partial charge in [-0.2, -0.15) is 0 Å². The Morgan fingerprint density at radius 3 is 2.46 bits per heavy atom. The van der Waals surface area contributed by atoms with Gasteiger partial charge in [-0.3, -0.25) is 4.79 Å². The van der Waals surface area contributed by atoms with Crippen LogP contribution in [0, 0.1) is 5.92 Å². The van der Waals surface area contributed by atoms with Gasteiger partial charge in [0.2, 0.25) is 6.29 Å². The number of carboxylic acids is 1. The van der Waals surface area contributed by atoms with Crippen molar-refractivity contribution in [3.63, 3.8) is 0 Å².